The molecule has 2 fully saturated rings. The van der Waals surface area contributed by atoms with E-state index in [9.17, 15) is 23.6 Å². The van der Waals surface area contributed by atoms with E-state index in [4.69, 9.17) is 28.4 Å². The number of carbonyl (C=O) groups is 2. The molecule has 80 heavy (non-hydrogen) atoms. The molecule has 0 atom stereocenters. The molecule has 0 N–H and O–H groups in total. The van der Waals surface area contributed by atoms with Crippen LogP contribution < -0.4 is 30.1 Å². The van der Waals surface area contributed by atoms with E-state index in [0.29, 0.717) is 98.9 Å². The quantitative estimate of drug-likeness (QED) is 0.114. The van der Waals surface area contributed by atoms with Gasteiger partial charge in [0.2, 0.25) is 0 Å². The van der Waals surface area contributed by atoms with Gasteiger partial charge in [0.25, 0.3) is 11.1 Å². The number of aromatic nitrogens is 6. The number of halogens is 1. The van der Waals surface area contributed by atoms with Crippen LogP contribution in [-0.4, -0.2) is 150 Å². The maximum atomic E-state index is 14.0. The van der Waals surface area contributed by atoms with Crippen LogP contribution in [0.3, 0.4) is 0 Å². The van der Waals surface area contributed by atoms with Gasteiger partial charge in [0.05, 0.1) is 65.1 Å². The Balaban J connectivity index is 0.000000194. The van der Waals surface area contributed by atoms with Crippen LogP contribution in [0.5, 0.6) is 23.0 Å². The monoisotopic (exact) mass is 1100 g/mol. The summed E-state index contributed by atoms with van der Waals surface area (Å²) < 4.78 is 51.5. The standard InChI is InChI=1S/C30H39N5O5.C29H36FN5O5/c1-20-14-24-28(32-17-20)21(2)15-27(36)34(24)11-10-33-8-6-23(7-9-33)35(29(37)40-30(3,4)5)19-22-16-25-26(18-31-22)39-13-12-38-25;1-19-13-26(36)34(23-14-20(30)16-32-27(19)23)10-9-33-7-5-22(6-8-33)35(28(37)40-29(2,3)4)18-21-15-24-25(17-31-21)39-12-11-38-24/h14-18,23H,6-13,19H2,1-5H3;13-17,22H,5-12,18H2,1-4H3. The van der Waals surface area contributed by atoms with Crippen LogP contribution in [0.25, 0.3) is 22.1 Å². The Kier molecular flexibility index (Phi) is 17.6. The van der Waals surface area contributed by atoms with Crippen molar-refractivity contribution in [1.29, 1.82) is 0 Å². The van der Waals surface area contributed by atoms with Gasteiger partial charge in [0, 0.05) is 101 Å². The number of rotatable bonds is 12. The number of hydrogen-bond donors (Lipinski definition) is 0. The second kappa shape index (κ2) is 24.5. The Hall–Kier alpha value is -7.39. The van der Waals surface area contributed by atoms with E-state index in [1.54, 1.807) is 45.8 Å². The third kappa shape index (κ3) is 14.3. The third-order valence-corrected chi connectivity index (χ3v) is 14.5. The van der Waals surface area contributed by atoms with Crippen molar-refractivity contribution in [3.63, 3.8) is 0 Å². The number of likely N-dealkylation sites (tertiary alicyclic amines) is 2. The lowest BCUT2D eigenvalue weighted by atomic mass is 10.0. The molecular formula is C59H75FN10O10. The van der Waals surface area contributed by atoms with Crippen molar-refractivity contribution in [2.75, 3.05) is 65.7 Å². The second-order valence-corrected chi connectivity index (χ2v) is 23.0. The van der Waals surface area contributed by atoms with Gasteiger partial charge in [-0.15, -0.1) is 0 Å². The first-order valence-electron chi connectivity index (χ1n) is 27.7. The van der Waals surface area contributed by atoms with E-state index < -0.39 is 17.0 Å². The number of nitrogens with zero attached hydrogens (tertiary/aromatic N) is 10. The summed E-state index contributed by atoms with van der Waals surface area (Å²) in [6, 6.07) is 10.3. The summed E-state index contributed by atoms with van der Waals surface area (Å²) in [5, 5.41) is 0. The molecular weight excluding hydrogens is 1030 g/mol. The Morgan fingerprint density at radius 3 is 1.38 bits per heavy atom. The van der Waals surface area contributed by atoms with Crippen molar-refractivity contribution in [1.82, 2.24) is 48.7 Å². The van der Waals surface area contributed by atoms with Crippen LogP contribution in [0.2, 0.25) is 0 Å². The van der Waals surface area contributed by atoms with Crippen LogP contribution in [-0.2, 0) is 35.7 Å². The van der Waals surface area contributed by atoms with E-state index in [2.05, 4.69) is 29.7 Å². The molecule has 0 aliphatic carbocycles. The number of ether oxygens (including phenoxy) is 6. The fourth-order valence-electron chi connectivity index (χ4n) is 10.6. The van der Waals surface area contributed by atoms with Crippen molar-refractivity contribution in [2.45, 2.75) is 137 Å². The molecule has 10 heterocycles. The van der Waals surface area contributed by atoms with E-state index in [-0.39, 0.29) is 35.4 Å². The van der Waals surface area contributed by atoms with E-state index >= 15 is 0 Å². The first-order chi connectivity index (χ1) is 38.1. The van der Waals surface area contributed by atoms with E-state index in [1.165, 1.54) is 12.3 Å². The lowest BCUT2D eigenvalue weighted by Gasteiger charge is -2.39. The van der Waals surface area contributed by atoms with Crippen LogP contribution in [0.1, 0.15) is 95.3 Å². The van der Waals surface area contributed by atoms with E-state index in [1.807, 2.05) is 84.4 Å². The minimum atomic E-state index is -0.630. The van der Waals surface area contributed by atoms with Gasteiger partial charge in [-0.25, -0.2) is 14.0 Å². The molecule has 21 heteroatoms. The highest BCUT2D eigenvalue weighted by Crippen LogP contribution is 2.33. The topological polar surface area (TPSA) is 198 Å². The highest BCUT2D eigenvalue weighted by atomic mass is 19.1. The summed E-state index contributed by atoms with van der Waals surface area (Å²) >= 11 is 0. The van der Waals surface area contributed by atoms with Crippen molar-refractivity contribution < 1.29 is 42.4 Å². The van der Waals surface area contributed by atoms with Gasteiger partial charge in [-0.05, 0) is 111 Å². The van der Waals surface area contributed by atoms with Gasteiger partial charge in [-0.2, -0.15) is 0 Å². The number of amides is 2. The fraction of sp³-hybridized carbons (Fsp3) is 0.525. The number of carbonyl (C=O) groups excluding carboxylic acids is 2. The summed E-state index contributed by atoms with van der Waals surface area (Å²) in [5.41, 5.74) is 5.54. The molecule has 4 aliphatic rings. The molecule has 2 saturated heterocycles. The number of fused-ring (bicyclic) bond motifs is 4. The van der Waals surface area contributed by atoms with Gasteiger partial charge in [-0.3, -0.25) is 39.3 Å². The molecule has 0 saturated carbocycles. The molecule has 0 spiro atoms. The number of pyridine rings is 6. The average Bonchev–Trinajstić information content (AvgIpc) is 3.43. The van der Waals surface area contributed by atoms with Gasteiger partial charge in [-0.1, -0.05) is 0 Å². The molecule has 0 unspecified atom stereocenters. The van der Waals surface area contributed by atoms with Crippen molar-refractivity contribution in [3.05, 3.63) is 116 Å². The molecule has 428 valence electrons. The minimum Gasteiger partial charge on any atom is -0.486 e. The summed E-state index contributed by atoms with van der Waals surface area (Å²) in [6.45, 7) is 25.0. The summed E-state index contributed by atoms with van der Waals surface area (Å²) in [6.07, 6.45) is 8.66. The van der Waals surface area contributed by atoms with Crippen molar-refractivity contribution >= 4 is 34.3 Å². The summed E-state index contributed by atoms with van der Waals surface area (Å²) in [7, 11) is 0. The Labute approximate surface area is 465 Å². The highest BCUT2D eigenvalue weighted by molar-refractivity contribution is 5.79. The SMILES string of the molecule is Cc1cc(=O)n(CCN2CCC(N(Cc3cc4c(cn3)OCCO4)C(=O)OC(C)(C)C)CC2)c2cc(F)cnc12.Cc1cnc2c(C)cc(=O)n(CCN3CCC(N(Cc4cc5c(cn4)OCCO5)C(=O)OC(C)(C)C)CC3)c2c1. The van der Waals surface area contributed by atoms with Crippen LogP contribution in [0.4, 0.5) is 14.0 Å². The molecule has 0 aromatic carbocycles. The molecule has 0 bridgehead atoms. The number of hydrogen-bond acceptors (Lipinski definition) is 16. The van der Waals surface area contributed by atoms with Crippen molar-refractivity contribution in [3.8, 4) is 23.0 Å². The number of piperidine rings is 2. The molecule has 6 aromatic rings. The Bertz CT molecular complexity index is 3100. The minimum absolute atomic E-state index is 0.00434. The summed E-state index contributed by atoms with van der Waals surface area (Å²) in [4.78, 5) is 78.2. The zero-order valence-electron chi connectivity index (χ0n) is 47.6. The first kappa shape index (κ1) is 57.3. The number of aryl methyl sites for hydroxylation is 3. The van der Waals surface area contributed by atoms with Crippen LogP contribution in [0.15, 0.2) is 70.8 Å². The Morgan fingerprint density at radius 2 is 0.950 bits per heavy atom. The highest BCUT2D eigenvalue weighted by Gasteiger charge is 2.34. The van der Waals surface area contributed by atoms with Gasteiger partial charge >= 0.3 is 12.2 Å². The van der Waals surface area contributed by atoms with E-state index in [0.717, 1.165) is 91.8 Å². The lowest BCUT2D eigenvalue weighted by molar-refractivity contribution is 0.00436. The Morgan fingerprint density at radius 1 is 0.550 bits per heavy atom. The molecule has 20 nitrogen and oxygen atoms in total. The molecule has 6 aromatic heterocycles. The summed E-state index contributed by atoms with van der Waals surface area (Å²) in [5.74, 6) is 2.04. The lowest BCUT2D eigenvalue weighted by Crippen LogP contribution is -2.49. The molecule has 4 aliphatic heterocycles. The van der Waals surface area contributed by atoms with Crippen molar-refractivity contribution in [2.24, 2.45) is 0 Å². The predicted molar refractivity (Wildman–Crippen MR) is 299 cm³/mol. The average molecular weight is 1100 g/mol. The van der Waals surface area contributed by atoms with Gasteiger partial charge < -0.3 is 47.4 Å². The van der Waals surface area contributed by atoms with Gasteiger partial charge in [0.15, 0.2) is 23.0 Å². The molecule has 2 amide bonds. The maximum Gasteiger partial charge on any atom is 0.410 e. The zero-order chi connectivity index (χ0) is 56.9. The molecule has 0 radical (unpaired) electrons. The first-order valence-corrected chi connectivity index (χ1v) is 27.7. The van der Waals surface area contributed by atoms with Crippen LogP contribution in [0, 0.1) is 26.6 Å². The fourth-order valence-corrected chi connectivity index (χ4v) is 10.6. The second-order valence-electron chi connectivity index (χ2n) is 23.0. The maximum absolute atomic E-state index is 14.0. The third-order valence-electron chi connectivity index (χ3n) is 14.5. The smallest absolute Gasteiger partial charge is 0.410 e. The van der Waals surface area contributed by atoms with Gasteiger partial charge in [0.1, 0.15) is 43.4 Å². The predicted octanol–water partition coefficient (Wildman–Crippen LogP) is 7.99. The normalized spacial score (nSPS) is 16.2. The largest absolute Gasteiger partial charge is 0.486 e. The zero-order valence-corrected chi connectivity index (χ0v) is 47.6. The van der Waals surface area contributed by atoms with Crippen LogP contribution >= 0.6 is 0 Å². The molecule has 10 rings (SSSR count).